The highest BCUT2D eigenvalue weighted by molar-refractivity contribution is 5.77. The summed E-state index contributed by atoms with van der Waals surface area (Å²) in [5.74, 6) is 0.295. The fraction of sp³-hybridized carbons (Fsp3) is 0.519. The second kappa shape index (κ2) is 11.3. The van der Waals surface area contributed by atoms with Gasteiger partial charge in [0.1, 0.15) is 6.10 Å². The van der Waals surface area contributed by atoms with Gasteiger partial charge in [-0.3, -0.25) is 9.69 Å². The lowest BCUT2D eigenvalue weighted by atomic mass is 9.99. The van der Waals surface area contributed by atoms with Crippen LogP contribution in [0.5, 0.6) is 0 Å². The number of carbonyl (C=O) groups excluding carboxylic acids is 1. The summed E-state index contributed by atoms with van der Waals surface area (Å²) in [6.07, 6.45) is 0.255. The molecular formula is C27H36N2O4. The molecule has 2 aliphatic rings. The summed E-state index contributed by atoms with van der Waals surface area (Å²) in [6, 6.07) is 19.0. The third-order valence-corrected chi connectivity index (χ3v) is 6.84. The van der Waals surface area contributed by atoms with Gasteiger partial charge in [-0.2, -0.15) is 0 Å². The zero-order chi connectivity index (χ0) is 23.2. The minimum atomic E-state index is -0.154. The maximum Gasteiger partial charge on any atom is 0.225 e. The molecule has 2 aromatic rings. The number of aliphatic hydroxyl groups is 1. The molecule has 2 aromatic carbocycles. The van der Waals surface area contributed by atoms with Crippen LogP contribution >= 0.6 is 0 Å². The first-order chi connectivity index (χ1) is 16.0. The van der Waals surface area contributed by atoms with Crippen molar-refractivity contribution < 1.29 is 19.4 Å². The van der Waals surface area contributed by atoms with E-state index in [4.69, 9.17) is 9.47 Å². The van der Waals surface area contributed by atoms with Crippen molar-refractivity contribution in [3.05, 3.63) is 71.3 Å². The lowest BCUT2D eigenvalue weighted by Gasteiger charge is -2.32. The van der Waals surface area contributed by atoms with Gasteiger partial charge in [0.25, 0.3) is 0 Å². The molecule has 4 atom stereocenters. The Labute approximate surface area is 197 Å². The second-order valence-corrected chi connectivity index (χ2v) is 9.40. The van der Waals surface area contributed by atoms with Gasteiger partial charge in [0.05, 0.1) is 32.3 Å². The molecule has 2 fully saturated rings. The van der Waals surface area contributed by atoms with Gasteiger partial charge in [0.2, 0.25) is 5.91 Å². The Hall–Kier alpha value is -2.25. The number of benzene rings is 2. The highest BCUT2D eigenvalue weighted by Gasteiger charge is 2.32. The molecule has 0 aliphatic carbocycles. The minimum Gasteiger partial charge on any atom is -0.396 e. The molecule has 0 aromatic heterocycles. The smallest absolute Gasteiger partial charge is 0.225 e. The summed E-state index contributed by atoms with van der Waals surface area (Å²) < 4.78 is 11.9. The Kier molecular flexibility index (Phi) is 8.15. The Bertz CT molecular complexity index is 889. The van der Waals surface area contributed by atoms with Crippen LogP contribution in [0.2, 0.25) is 0 Å². The molecule has 178 valence electrons. The molecule has 6 heteroatoms. The first-order valence-electron chi connectivity index (χ1n) is 12.0. The molecule has 1 amide bonds. The molecule has 4 unspecified atom stereocenters. The van der Waals surface area contributed by atoms with Crippen molar-refractivity contribution >= 4 is 5.91 Å². The van der Waals surface area contributed by atoms with Crippen LogP contribution in [0.15, 0.2) is 54.6 Å². The molecule has 1 N–H and O–H groups in total. The van der Waals surface area contributed by atoms with Crippen molar-refractivity contribution in [2.75, 3.05) is 33.0 Å². The van der Waals surface area contributed by atoms with Crippen LogP contribution in [-0.2, 0) is 27.4 Å². The number of carbonyl (C=O) groups is 1. The van der Waals surface area contributed by atoms with Gasteiger partial charge in [0, 0.05) is 38.2 Å². The molecule has 2 saturated heterocycles. The molecule has 0 radical (unpaired) electrons. The molecule has 6 nitrogen and oxygen atoms in total. The van der Waals surface area contributed by atoms with Crippen molar-refractivity contribution in [2.24, 2.45) is 5.92 Å². The average molecular weight is 453 g/mol. The third kappa shape index (κ3) is 6.01. The van der Waals surface area contributed by atoms with Gasteiger partial charge >= 0.3 is 0 Å². The number of hydrogen-bond donors (Lipinski definition) is 1. The van der Waals surface area contributed by atoms with Gasteiger partial charge in [-0.1, -0.05) is 54.6 Å². The first kappa shape index (κ1) is 23.9. The van der Waals surface area contributed by atoms with Crippen molar-refractivity contribution in [2.45, 2.75) is 51.5 Å². The van der Waals surface area contributed by atoms with E-state index in [-0.39, 0.29) is 30.6 Å². The second-order valence-electron chi connectivity index (χ2n) is 9.40. The standard InChI is InChI=1S/C27H36N2O4/c1-20-18-32-19-24(17-30)15-28(20)14-23-8-10-25(11-9-23)27-21(2)29(26(31)12-13-33-27)16-22-6-4-3-5-7-22/h3-11,20-21,24,27,30H,12-19H2,1-2H3. The summed E-state index contributed by atoms with van der Waals surface area (Å²) >= 11 is 0. The van der Waals surface area contributed by atoms with E-state index >= 15 is 0 Å². The fourth-order valence-corrected chi connectivity index (χ4v) is 4.79. The van der Waals surface area contributed by atoms with Crippen LogP contribution in [0, 0.1) is 5.92 Å². The molecule has 33 heavy (non-hydrogen) atoms. The van der Waals surface area contributed by atoms with Crippen LogP contribution in [0.1, 0.15) is 43.1 Å². The van der Waals surface area contributed by atoms with Crippen molar-refractivity contribution in [1.82, 2.24) is 9.80 Å². The van der Waals surface area contributed by atoms with Crippen molar-refractivity contribution in [3.63, 3.8) is 0 Å². The average Bonchev–Trinajstić information content (AvgIpc) is 3.09. The normalized spacial score (nSPS) is 27.2. The molecule has 2 heterocycles. The molecule has 2 aliphatic heterocycles. The van der Waals surface area contributed by atoms with E-state index in [9.17, 15) is 9.90 Å². The summed E-state index contributed by atoms with van der Waals surface area (Å²) in [6.45, 7) is 8.40. The quantitative estimate of drug-likeness (QED) is 0.728. The maximum atomic E-state index is 12.8. The van der Waals surface area contributed by atoms with Crippen LogP contribution < -0.4 is 0 Å². The van der Waals surface area contributed by atoms with E-state index in [0.717, 1.165) is 24.2 Å². The topological polar surface area (TPSA) is 62.2 Å². The van der Waals surface area contributed by atoms with Crippen LogP contribution in [0.25, 0.3) is 0 Å². The monoisotopic (exact) mass is 452 g/mol. The number of amides is 1. The minimum absolute atomic E-state index is 0.0563. The van der Waals surface area contributed by atoms with Gasteiger partial charge in [-0.05, 0) is 30.5 Å². The predicted octanol–water partition coefficient (Wildman–Crippen LogP) is 3.39. The van der Waals surface area contributed by atoms with Gasteiger partial charge < -0.3 is 19.5 Å². The fourth-order valence-electron chi connectivity index (χ4n) is 4.79. The third-order valence-electron chi connectivity index (χ3n) is 6.84. The largest absolute Gasteiger partial charge is 0.396 e. The Morgan fingerprint density at radius 2 is 1.70 bits per heavy atom. The van der Waals surface area contributed by atoms with Crippen LogP contribution in [0.3, 0.4) is 0 Å². The van der Waals surface area contributed by atoms with Gasteiger partial charge in [-0.15, -0.1) is 0 Å². The number of ether oxygens (including phenoxy) is 2. The summed E-state index contributed by atoms with van der Waals surface area (Å²) in [5.41, 5.74) is 3.45. The van der Waals surface area contributed by atoms with E-state index in [1.165, 1.54) is 5.56 Å². The lowest BCUT2D eigenvalue weighted by Crippen LogP contribution is -2.40. The van der Waals surface area contributed by atoms with Crippen LogP contribution in [0.4, 0.5) is 0 Å². The SMILES string of the molecule is CC1COCC(CO)CN1Cc1ccc(C2OCCC(=O)N(Cc3ccccc3)C2C)cc1. The summed E-state index contributed by atoms with van der Waals surface area (Å²) in [4.78, 5) is 17.1. The van der Waals surface area contributed by atoms with Crippen molar-refractivity contribution in [3.8, 4) is 0 Å². The maximum absolute atomic E-state index is 12.8. The van der Waals surface area contributed by atoms with E-state index in [1.54, 1.807) is 0 Å². The summed E-state index contributed by atoms with van der Waals surface area (Å²) in [5, 5.41) is 9.60. The van der Waals surface area contributed by atoms with Gasteiger partial charge in [-0.25, -0.2) is 0 Å². The van der Waals surface area contributed by atoms with E-state index < -0.39 is 0 Å². The van der Waals surface area contributed by atoms with E-state index in [1.807, 2.05) is 23.1 Å². The zero-order valence-corrected chi connectivity index (χ0v) is 19.7. The number of nitrogens with zero attached hydrogens (tertiary/aromatic N) is 2. The van der Waals surface area contributed by atoms with Crippen LogP contribution in [-0.4, -0.2) is 65.9 Å². The molecule has 4 rings (SSSR count). The zero-order valence-electron chi connectivity index (χ0n) is 19.7. The molecule has 0 bridgehead atoms. The van der Waals surface area contributed by atoms with Gasteiger partial charge in [0.15, 0.2) is 0 Å². The highest BCUT2D eigenvalue weighted by Crippen LogP contribution is 2.30. The number of hydrogen-bond acceptors (Lipinski definition) is 5. The highest BCUT2D eigenvalue weighted by atomic mass is 16.5. The van der Waals surface area contributed by atoms with E-state index in [0.29, 0.717) is 38.8 Å². The number of rotatable bonds is 6. The van der Waals surface area contributed by atoms with E-state index in [2.05, 4.69) is 55.1 Å². The number of aliphatic hydroxyl groups excluding tert-OH is 1. The molecule has 0 saturated carbocycles. The Balaban J connectivity index is 1.46. The Morgan fingerprint density at radius 3 is 2.42 bits per heavy atom. The molecular weight excluding hydrogens is 416 g/mol. The van der Waals surface area contributed by atoms with Crippen molar-refractivity contribution in [1.29, 1.82) is 0 Å². The first-order valence-corrected chi connectivity index (χ1v) is 12.0. The predicted molar refractivity (Wildman–Crippen MR) is 127 cm³/mol. The molecule has 0 spiro atoms. The Morgan fingerprint density at radius 1 is 0.970 bits per heavy atom. The lowest BCUT2D eigenvalue weighted by molar-refractivity contribution is -0.133. The summed E-state index contributed by atoms with van der Waals surface area (Å²) in [7, 11) is 0.